The van der Waals surface area contributed by atoms with Crippen LogP contribution < -0.4 is 10.6 Å². The molecule has 5 heteroatoms. The molecule has 20 heavy (non-hydrogen) atoms. The predicted molar refractivity (Wildman–Crippen MR) is 82.3 cm³/mol. The summed E-state index contributed by atoms with van der Waals surface area (Å²) in [6, 6.07) is 0. The van der Waals surface area contributed by atoms with Crippen LogP contribution in [0.2, 0.25) is 0 Å². The van der Waals surface area contributed by atoms with Crippen molar-refractivity contribution in [3.8, 4) is 0 Å². The Balaban J connectivity index is 2.12. The molecule has 1 aromatic rings. The van der Waals surface area contributed by atoms with Crippen LogP contribution in [-0.4, -0.2) is 36.8 Å². The lowest BCUT2D eigenvalue weighted by Gasteiger charge is -2.34. The van der Waals surface area contributed by atoms with Gasteiger partial charge in [-0.05, 0) is 24.2 Å². The van der Waals surface area contributed by atoms with Crippen molar-refractivity contribution in [1.82, 2.24) is 9.97 Å². The lowest BCUT2D eigenvalue weighted by atomic mass is 9.82. The molecule has 0 aromatic carbocycles. The standard InChI is InChI=1S/C15H26N4O/c1-11(2)12-13(16-4)18-10-19-14(12)17-9-15(3)5-7-20-8-6-15/h10-11H,5-9H2,1-4H3,(H2,16,17,18,19). The maximum Gasteiger partial charge on any atom is 0.135 e. The van der Waals surface area contributed by atoms with Crippen LogP contribution in [-0.2, 0) is 4.74 Å². The first-order valence-corrected chi connectivity index (χ1v) is 7.40. The van der Waals surface area contributed by atoms with E-state index in [-0.39, 0.29) is 5.41 Å². The molecule has 2 rings (SSSR count). The number of hydrogen-bond donors (Lipinski definition) is 2. The van der Waals surface area contributed by atoms with Crippen molar-refractivity contribution in [3.05, 3.63) is 11.9 Å². The average Bonchev–Trinajstić information content (AvgIpc) is 2.45. The van der Waals surface area contributed by atoms with E-state index >= 15 is 0 Å². The van der Waals surface area contributed by atoms with Crippen LogP contribution >= 0.6 is 0 Å². The summed E-state index contributed by atoms with van der Waals surface area (Å²) in [5, 5.41) is 6.69. The largest absolute Gasteiger partial charge is 0.381 e. The minimum atomic E-state index is 0.289. The van der Waals surface area contributed by atoms with Crippen LogP contribution in [0, 0.1) is 5.41 Å². The quantitative estimate of drug-likeness (QED) is 0.867. The van der Waals surface area contributed by atoms with Crippen molar-refractivity contribution in [2.75, 3.05) is 37.4 Å². The van der Waals surface area contributed by atoms with Crippen molar-refractivity contribution in [3.63, 3.8) is 0 Å². The molecule has 5 nitrogen and oxygen atoms in total. The number of rotatable bonds is 5. The minimum absolute atomic E-state index is 0.289. The molecule has 1 aromatic heterocycles. The summed E-state index contributed by atoms with van der Waals surface area (Å²) < 4.78 is 5.45. The molecule has 0 atom stereocenters. The fourth-order valence-electron chi connectivity index (χ4n) is 2.62. The summed E-state index contributed by atoms with van der Waals surface area (Å²) in [7, 11) is 1.90. The second-order valence-corrected chi connectivity index (χ2v) is 6.17. The first-order chi connectivity index (χ1) is 9.56. The molecule has 0 saturated carbocycles. The highest BCUT2D eigenvalue weighted by molar-refractivity contribution is 5.58. The van der Waals surface area contributed by atoms with Gasteiger partial charge < -0.3 is 15.4 Å². The molecule has 0 aliphatic carbocycles. The van der Waals surface area contributed by atoms with Crippen LogP contribution in [0.15, 0.2) is 6.33 Å². The zero-order chi connectivity index (χ0) is 14.6. The van der Waals surface area contributed by atoms with Gasteiger partial charge in [0.15, 0.2) is 0 Å². The minimum Gasteiger partial charge on any atom is -0.381 e. The van der Waals surface area contributed by atoms with Gasteiger partial charge in [-0.25, -0.2) is 9.97 Å². The lowest BCUT2D eigenvalue weighted by molar-refractivity contribution is 0.0299. The number of aromatic nitrogens is 2. The van der Waals surface area contributed by atoms with Crippen molar-refractivity contribution < 1.29 is 4.74 Å². The maximum atomic E-state index is 5.45. The Kier molecular flexibility index (Phi) is 4.81. The van der Waals surface area contributed by atoms with E-state index in [1.807, 2.05) is 7.05 Å². The monoisotopic (exact) mass is 278 g/mol. The van der Waals surface area contributed by atoms with Crippen molar-refractivity contribution >= 4 is 11.6 Å². The van der Waals surface area contributed by atoms with Crippen LogP contribution in [0.25, 0.3) is 0 Å². The highest BCUT2D eigenvalue weighted by Gasteiger charge is 2.27. The number of hydrogen-bond acceptors (Lipinski definition) is 5. The molecule has 0 spiro atoms. The van der Waals surface area contributed by atoms with Crippen LogP contribution in [0.5, 0.6) is 0 Å². The van der Waals surface area contributed by atoms with E-state index in [1.165, 1.54) is 0 Å². The third kappa shape index (κ3) is 3.39. The first kappa shape index (κ1) is 15.0. The average molecular weight is 278 g/mol. The van der Waals surface area contributed by atoms with Gasteiger partial charge in [0.25, 0.3) is 0 Å². The molecular weight excluding hydrogens is 252 g/mol. The van der Waals surface area contributed by atoms with Gasteiger partial charge in [0.05, 0.1) is 0 Å². The normalized spacial score (nSPS) is 18.1. The Morgan fingerprint density at radius 1 is 1.25 bits per heavy atom. The fourth-order valence-corrected chi connectivity index (χ4v) is 2.62. The van der Waals surface area contributed by atoms with E-state index in [0.29, 0.717) is 5.92 Å². The Hall–Kier alpha value is -1.36. The summed E-state index contributed by atoms with van der Waals surface area (Å²) >= 11 is 0. The number of nitrogens with zero attached hydrogens (tertiary/aromatic N) is 2. The third-order valence-corrected chi connectivity index (χ3v) is 4.08. The van der Waals surface area contributed by atoms with Crippen molar-refractivity contribution in [1.29, 1.82) is 0 Å². The zero-order valence-corrected chi connectivity index (χ0v) is 13.0. The van der Waals surface area contributed by atoms with E-state index in [0.717, 1.165) is 49.8 Å². The van der Waals surface area contributed by atoms with Crippen LogP contribution in [0.3, 0.4) is 0 Å². The second-order valence-electron chi connectivity index (χ2n) is 6.17. The van der Waals surface area contributed by atoms with Gasteiger partial charge in [-0.15, -0.1) is 0 Å². The molecular formula is C15H26N4O. The third-order valence-electron chi connectivity index (χ3n) is 4.08. The Morgan fingerprint density at radius 2 is 1.90 bits per heavy atom. The van der Waals surface area contributed by atoms with Crippen LogP contribution in [0.4, 0.5) is 11.6 Å². The molecule has 0 bridgehead atoms. The maximum absolute atomic E-state index is 5.45. The summed E-state index contributed by atoms with van der Waals surface area (Å²) in [6.45, 7) is 9.30. The smallest absolute Gasteiger partial charge is 0.135 e. The van der Waals surface area contributed by atoms with Gasteiger partial charge in [-0.3, -0.25) is 0 Å². The highest BCUT2D eigenvalue weighted by Crippen LogP contribution is 2.32. The number of ether oxygens (including phenoxy) is 1. The number of nitrogens with one attached hydrogen (secondary N) is 2. The van der Waals surface area contributed by atoms with E-state index in [9.17, 15) is 0 Å². The van der Waals surface area contributed by atoms with Crippen LogP contribution in [0.1, 0.15) is 45.1 Å². The topological polar surface area (TPSA) is 59.1 Å². The van der Waals surface area contributed by atoms with Gasteiger partial charge in [0, 0.05) is 32.4 Å². The number of anilines is 2. The van der Waals surface area contributed by atoms with Gasteiger partial charge in [-0.1, -0.05) is 20.8 Å². The van der Waals surface area contributed by atoms with Gasteiger partial charge in [0.2, 0.25) is 0 Å². The molecule has 0 amide bonds. The molecule has 0 radical (unpaired) electrons. The molecule has 2 heterocycles. The molecule has 112 valence electrons. The van der Waals surface area contributed by atoms with Crippen molar-refractivity contribution in [2.45, 2.75) is 39.5 Å². The van der Waals surface area contributed by atoms with Crippen molar-refractivity contribution in [2.24, 2.45) is 5.41 Å². The van der Waals surface area contributed by atoms with E-state index in [2.05, 4.69) is 41.4 Å². The molecule has 1 fully saturated rings. The highest BCUT2D eigenvalue weighted by atomic mass is 16.5. The predicted octanol–water partition coefficient (Wildman–Crippen LogP) is 2.87. The molecule has 2 N–H and O–H groups in total. The SMILES string of the molecule is CNc1ncnc(NCC2(C)CCOCC2)c1C(C)C. The van der Waals surface area contributed by atoms with Gasteiger partial charge >= 0.3 is 0 Å². The van der Waals surface area contributed by atoms with E-state index in [4.69, 9.17) is 4.74 Å². The molecule has 0 unspecified atom stereocenters. The zero-order valence-electron chi connectivity index (χ0n) is 13.0. The van der Waals surface area contributed by atoms with E-state index in [1.54, 1.807) is 6.33 Å². The first-order valence-electron chi connectivity index (χ1n) is 7.40. The second kappa shape index (κ2) is 6.39. The molecule has 1 aliphatic rings. The van der Waals surface area contributed by atoms with Gasteiger partial charge in [-0.2, -0.15) is 0 Å². The Morgan fingerprint density at radius 3 is 2.50 bits per heavy atom. The fraction of sp³-hybridized carbons (Fsp3) is 0.733. The summed E-state index contributed by atoms with van der Waals surface area (Å²) in [5.41, 5.74) is 1.45. The van der Waals surface area contributed by atoms with Gasteiger partial charge in [0.1, 0.15) is 18.0 Å². The summed E-state index contributed by atoms with van der Waals surface area (Å²) in [5.74, 6) is 2.24. The summed E-state index contributed by atoms with van der Waals surface area (Å²) in [6.07, 6.45) is 3.81. The summed E-state index contributed by atoms with van der Waals surface area (Å²) in [4.78, 5) is 8.74. The van der Waals surface area contributed by atoms with E-state index < -0.39 is 0 Å². The lowest BCUT2D eigenvalue weighted by Crippen LogP contribution is -2.33. The Labute approximate surface area is 121 Å². The molecule has 1 saturated heterocycles. The molecule has 1 aliphatic heterocycles. The Bertz CT molecular complexity index is 441.